The summed E-state index contributed by atoms with van der Waals surface area (Å²) in [6.07, 6.45) is 0.0901. The second kappa shape index (κ2) is 7.46. The van der Waals surface area contributed by atoms with Gasteiger partial charge in [-0.05, 0) is 33.3 Å². The van der Waals surface area contributed by atoms with Crippen molar-refractivity contribution < 1.29 is 29.0 Å². The van der Waals surface area contributed by atoms with Gasteiger partial charge in [0, 0.05) is 0 Å². The van der Waals surface area contributed by atoms with E-state index < -0.39 is 45.7 Å². The number of fused-ring (bicyclic) bond motifs is 1. The molecular formula is C20H24N2O6S. The van der Waals surface area contributed by atoms with Crippen LogP contribution in [0, 0.1) is 0 Å². The summed E-state index contributed by atoms with van der Waals surface area (Å²) in [5.41, 5.74) is -2.85. The summed E-state index contributed by atoms with van der Waals surface area (Å²) in [7, 11) is 0. The highest BCUT2D eigenvalue weighted by Gasteiger charge is 2.68. The van der Waals surface area contributed by atoms with Crippen LogP contribution in [-0.4, -0.2) is 61.6 Å². The lowest BCUT2D eigenvalue weighted by molar-refractivity contribution is -0.215. The van der Waals surface area contributed by atoms with Crippen LogP contribution in [0.2, 0.25) is 0 Å². The predicted octanol–water partition coefficient (Wildman–Crippen LogP) is 0.617. The van der Waals surface area contributed by atoms with E-state index in [4.69, 9.17) is 4.74 Å². The van der Waals surface area contributed by atoms with Crippen LogP contribution in [0.4, 0.5) is 0 Å². The fraction of sp³-hybridized carbons (Fsp3) is 0.500. The molecule has 8 nitrogen and oxygen atoms in total. The molecule has 0 radical (unpaired) electrons. The molecule has 9 heteroatoms. The Bertz CT molecular complexity index is 852. The maximum absolute atomic E-state index is 12.7. The van der Waals surface area contributed by atoms with Crippen molar-refractivity contribution in [1.29, 1.82) is 0 Å². The number of aliphatic hydroxyl groups is 1. The smallest absolute Gasteiger partial charge is 0.368 e. The quantitative estimate of drug-likeness (QED) is 0.417. The van der Waals surface area contributed by atoms with Crippen LogP contribution in [0.3, 0.4) is 0 Å². The first-order chi connectivity index (χ1) is 13.4. The molecule has 2 aliphatic rings. The zero-order chi connectivity index (χ0) is 21.6. The van der Waals surface area contributed by atoms with Gasteiger partial charge in [0.05, 0.1) is 11.7 Å². The number of β-lactam (4-membered cyclic amide) rings is 1. The number of ketones is 1. The second-order valence-electron chi connectivity index (χ2n) is 8.12. The third-order valence-corrected chi connectivity index (χ3v) is 6.04. The molecule has 0 aliphatic carbocycles. The number of hydrogen-bond acceptors (Lipinski definition) is 7. The van der Waals surface area contributed by atoms with Gasteiger partial charge in [0.15, 0.2) is 0 Å². The van der Waals surface area contributed by atoms with Crippen LogP contribution in [0.5, 0.6) is 0 Å². The number of esters is 1. The Morgan fingerprint density at radius 3 is 2.45 bits per heavy atom. The fourth-order valence-corrected chi connectivity index (χ4v) is 4.73. The SMILES string of the molecule is C[C@H]1S[C@@H]2[C@H](NC(=O)Cc3ccccc3)C(=O)N2[C@](O)(C(=O)OC(C)(C)C)C1=O. The number of thioether (sulfide) groups is 1. The van der Waals surface area contributed by atoms with Crippen LogP contribution < -0.4 is 5.32 Å². The van der Waals surface area contributed by atoms with Gasteiger partial charge in [-0.3, -0.25) is 19.3 Å². The van der Waals surface area contributed by atoms with Crippen LogP contribution in [0.25, 0.3) is 0 Å². The highest BCUT2D eigenvalue weighted by molar-refractivity contribution is 8.01. The van der Waals surface area contributed by atoms with E-state index in [0.717, 1.165) is 22.2 Å². The van der Waals surface area contributed by atoms with Crippen LogP contribution in [0.1, 0.15) is 33.3 Å². The lowest BCUT2D eigenvalue weighted by Gasteiger charge is -2.56. The first kappa shape index (κ1) is 21.3. The van der Waals surface area contributed by atoms with Gasteiger partial charge in [-0.25, -0.2) is 4.79 Å². The maximum atomic E-state index is 12.7. The van der Waals surface area contributed by atoms with Gasteiger partial charge in [-0.15, -0.1) is 11.8 Å². The average Bonchev–Trinajstić information content (AvgIpc) is 2.63. The maximum Gasteiger partial charge on any atom is 0.368 e. The number of nitrogens with zero attached hydrogens (tertiary/aromatic N) is 1. The van der Waals surface area contributed by atoms with Crippen molar-refractivity contribution in [2.24, 2.45) is 0 Å². The summed E-state index contributed by atoms with van der Waals surface area (Å²) in [6, 6.07) is 8.12. The number of carbonyl (C=O) groups is 4. The summed E-state index contributed by atoms with van der Waals surface area (Å²) in [5, 5.41) is 12.1. The summed E-state index contributed by atoms with van der Waals surface area (Å²) in [4.78, 5) is 51.1. The number of ether oxygens (including phenoxy) is 1. The molecular weight excluding hydrogens is 396 g/mol. The first-order valence-electron chi connectivity index (χ1n) is 9.27. The lowest BCUT2D eigenvalue weighted by atomic mass is 9.94. The van der Waals surface area contributed by atoms with E-state index in [-0.39, 0.29) is 12.3 Å². The van der Waals surface area contributed by atoms with Gasteiger partial charge in [0.2, 0.25) is 11.7 Å². The van der Waals surface area contributed by atoms with Crippen LogP contribution in [0.15, 0.2) is 30.3 Å². The van der Waals surface area contributed by atoms with Crippen molar-refractivity contribution in [3.8, 4) is 0 Å². The monoisotopic (exact) mass is 420 g/mol. The molecule has 0 unspecified atom stereocenters. The summed E-state index contributed by atoms with van der Waals surface area (Å²) in [6.45, 7) is 6.34. The first-order valence-corrected chi connectivity index (χ1v) is 10.2. The van der Waals surface area contributed by atoms with Crippen molar-refractivity contribution in [2.45, 2.75) is 62.1 Å². The molecule has 2 fully saturated rings. The zero-order valence-electron chi connectivity index (χ0n) is 16.7. The minimum Gasteiger partial charge on any atom is -0.456 e. The zero-order valence-corrected chi connectivity index (χ0v) is 17.5. The minimum absolute atomic E-state index is 0.0901. The number of amides is 2. The second-order valence-corrected chi connectivity index (χ2v) is 9.59. The van der Waals surface area contributed by atoms with Gasteiger partial charge in [-0.2, -0.15) is 0 Å². The van der Waals surface area contributed by atoms with Crippen molar-refractivity contribution in [1.82, 2.24) is 10.2 Å². The van der Waals surface area contributed by atoms with E-state index in [2.05, 4.69) is 5.32 Å². The van der Waals surface area contributed by atoms with Crippen molar-refractivity contribution in [3.05, 3.63) is 35.9 Å². The van der Waals surface area contributed by atoms with E-state index in [1.165, 1.54) is 0 Å². The van der Waals surface area contributed by atoms with Crippen molar-refractivity contribution in [3.63, 3.8) is 0 Å². The standard InChI is InChI=1S/C20H24N2O6S/c1-11-15(24)20(27,18(26)28-19(2,3)4)22-16(25)14(17(22)29-11)21-13(23)10-12-8-6-5-7-9-12/h5-9,11,14,17,27H,10H2,1-4H3,(H,21,23)/t11-,14-,17-,20-/m1/s1. The highest BCUT2D eigenvalue weighted by atomic mass is 32.2. The lowest BCUT2D eigenvalue weighted by Crippen LogP contribution is -2.82. The average molecular weight is 420 g/mol. The summed E-state index contributed by atoms with van der Waals surface area (Å²) >= 11 is 1.12. The molecule has 2 N–H and O–H groups in total. The normalized spacial score (nSPS) is 29.0. The molecule has 0 spiro atoms. The Balaban J connectivity index is 1.77. The van der Waals surface area contributed by atoms with E-state index in [9.17, 15) is 24.3 Å². The molecule has 2 heterocycles. The molecule has 0 saturated carbocycles. The van der Waals surface area contributed by atoms with Gasteiger partial charge in [0.25, 0.3) is 5.91 Å². The molecule has 29 heavy (non-hydrogen) atoms. The molecule has 0 aromatic heterocycles. The predicted molar refractivity (Wildman–Crippen MR) is 106 cm³/mol. The molecule has 2 amide bonds. The number of rotatable bonds is 4. The summed E-state index contributed by atoms with van der Waals surface area (Å²) < 4.78 is 5.19. The number of hydrogen-bond donors (Lipinski definition) is 2. The van der Waals surface area contributed by atoms with Gasteiger partial charge < -0.3 is 15.2 Å². The number of benzene rings is 1. The highest BCUT2D eigenvalue weighted by Crippen LogP contribution is 2.44. The number of nitrogens with one attached hydrogen (secondary N) is 1. The molecule has 1 aromatic carbocycles. The molecule has 2 aliphatic heterocycles. The number of carbonyl (C=O) groups excluding carboxylic acids is 4. The van der Waals surface area contributed by atoms with E-state index in [0.29, 0.717) is 0 Å². The molecule has 1 aromatic rings. The largest absolute Gasteiger partial charge is 0.456 e. The Kier molecular flexibility index (Phi) is 5.48. The number of Topliss-reactive ketones (excluding diaryl/α,β-unsaturated/α-hetero) is 1. The third-order valence-electron chi connectivity index (χ3n) is 4.66. The van der Waals surface area contributed by atoms with Gasteiger partial charge >= 0.3 is 11.7 Å². The Morgan fingerprint density at radius 2 is 1.86 bits per heavy atom. The Hall–Kier alpha value is -2.39. The van der Waals surface area contributed by atoms with Gasteiger partial charge in [-0.1, -0.05) is 30.3 Å². The Labute approximate surface area is 173 Å². The Morgan fingerprint density at radius 1 is 1.24 bits per heavy atom. The molecule has 156 valence electrons. The third kappa shape index (κ3) is 3.89. The molecule has 4 atom stereocenters. The molecule has 2 saturated heterocycles. The molecule has 0 bridgehead atoms. The van der Waals surface area contributed by atoms with Crippen molar-refractivity contribution >= 4 is 35.3 Å². The van der Waals surface area contributed by atoms with E-state index >= 15 is 0 Å². The van der Waals surface area contributed by atoms with E-state index in [1.54, 1.807) is 39.8 Å². The van der Waals surface area contributed by atoms with E-state index in [1.807, 2.05) is 18.2 Å². The van der Waals surface area contributed by atoms with Crippen molar-refractivity contribution in [2.75, 3.05) is 0 Å². The van der Waals surface area contributed by atoms with Gasteiger partial charge in [0.1, 0.15) is 17.0 Å². The topological polar surface area (TPSA) is 113 Å². The van der Waals surface area contributed by atoms with Crippen LogP contribution in [-0.2, 0) is 30.3 Å². The fourth-order valence-electron chi connectivity index (χ4n) is 3.31. The molecule has 3 rings (SSSR count). The minimum atomic E-state index is -2.69. The van der Waals surface area contributed by atoms with Crippen LogP contribution >= 0.6 is 11.8 Å². The summed E-state index contributed by atoms with van der Waals surface area (Å²) in [5.74, 6) is -3.05.